The number of hydrogen-bond donors (Lipinski definition) is 1. The summed E-state index contributed by atoms with van der Waals surface area (Å²) in [4.78, 5) is 17.4. The van der Waals surface area contributed by atoms with Crippen molar-refractivity contribution >= 4 is 33.4 Å². The van der Waals surface area contributed by atoms with Gasteiger partial charge in [-0.25, -0.2) is 13.4 Å². The molecule has 0 bridgehead atoms. The second kappa shape index (κ2) is 9.39. The monoisotopic (exact) mass is 458 g/mol. The number of carbonyl (C=O) groups is 1. The van der Waals surface area contributed by atoms with E-state index in [2.05, 4.69) is 16.4 Å². The number of thioether (sulfide) groups is 1. The first-order valence-electron chi connectivity index (χ1n) is 10.1. The molecule has 1 atom stereocenters. The molecule has 2 heterocycles. The minimum Gasteiger partial charge on any atom is -0.325 e. The summed E-state index contributed by atoms with van der Waals surface area (Å²) in [6.07, 6.45) is 1.76. The molecule has 1 aliphatic heterocycles. The molecule has 0 aliphatic carbocycles. The second-order valence-electron chi connectivity index (χ2n) is 7.62. The Morgan fingerprint density at radius 2 is 1.77 bits per heavy atom. The molecule has 1 aromatic heterocycles. The van der Waals surface area contributed by atoms with Crippen LogP contribution in [0.4, 0.5) is 5.69 Å². The summed E-state index contributed by atoms with van der Waals surface area (Å²) in [5.74, 6) is -0.248. The molecule has 0 radical (unpaired) electrons. The topological polar surface area (TPSA) is 103 Å². The number of anilines is 1. The van der Waals surface area contributed by atoms with E-state index in [-0.39, 0.29) is 10.8 Å². The zero-order chi connectivity index (χ0) is 22.8. The number of hydrogen-bond acceptors (Lipinski definition) is 6. The summed E-state index contributed by atoms with van der Waals surface area (Å²) in [6, 6.07) is 8.42. The number of pyridine rings is 1. The van der Waals surface area contributed by atoms with Gasteiger partial charge in [0, 0.05) is 24.5 Å². The molecule has 0 saturated carbocycles. The van der Waals surface area contributed by atoms with Crippen LogP contribution in [0.3, 0.4) is 0 Å². The van der Waals surface area contributed by atoms with E-state index in [1.807, 2.05) is 20.8 Å². The Morgan fingerprint density at radius 3 is 2.35 bits per heavy atom. The van der Waals surface area contributed by atoms with Gasteiger partial charge in [-0.1, -0.05) is 11.8 Å². The summed E-state index contributed by atoms with van der Waals surface area (Å²) in [7, 11) is -3.48. The molecule has 9 heteroatoms. The number of nitrogens with one attached hydrogen (secondary N) is 1. The molecule has 1 aliphatic rings. The standard InChI is InChI=1S/C22H26N4O3S2/c1-14-15(2)20(13-23)22(24-16(14)3)30-17(4)21(27)25-18-7-9-19(10-8-18)31(28,29)26-11-5-6-12-26/h7-10,17H,5-6,11-12H2,1-4H3,(H,25,27). The molecule has 1 unspecified atom stereocenters. The fraction of sp³-hybridized carbons (Fsp3) is 0.409. The van der Waals surface area contributed by atoms with Gasteiger partial charge in [0.25, 0.3) is 0 Å². The first kappa shape index (κ1) is 23.3. The molecular formula is C22H26N4O3S2. The summed E-state index contributed by atoms with van der Waals surface area (Å²) in [6.45, 7) is 8.54. The summed E-state index contributed by atoms with van der Waals surface area (Å²) in [5.41, 5.74) is 3.69. The summed E-state index contributed by atoms with van der Waals surface area (Å²) >= 11 is 1.24. The molecule has 0 spiro atoms. The first-order chi connectivity index (χ1) is 14.6. The van der Waals surface area contributed by atoms with Crippen LogP contribution in [0.2, 0.25) is 0 Å². The van der Waals surface area contributed by atoms with Crippen molar-refractivity contribution in [1.82, 2.24) is 9.29 Å². The number of benzene rings is 1. The van der Waals surface area contributed by atoms with Gasteiger partial charge >= 0.3 is 0 Å². The van der Waals surface area contributed by atoms with Crippen molar-refractivity contribution in [2.75, 3.05) is 18.4 Å². The van der Waals surface area contributed by atoms with Crippen molar-refractivity contribution in [2.45, 2.75) is 55.7 Å². The number of amides is 1. The lowest BCUT2D eigenvalue weighted by Gasteiger charge is -2.17. The average Bonchev–Trinajstić information content (AvgIpc) is 3.28. The van der Waals surface area contributed by atoms with E-state index in [1.165, 1.54) is 28.2 Å². The molecule has 1 fully saturated rings. The molecule has 1 amide bonds. The smallest absolute Gasteiger partial charge is 0.243 e. The molecule has 3 rings (SSSR count). The number of rotatable bonds is 6. The zero-order valence-corrected chi connectivity index (χ0v) is 19.7. The van der Waals surface area contributed by atoms with Crippen molar-refractivity contribution in [1.29, 1.82) is 5.26 Å². The van der Waals surface area contributed by atoms with Gasteiger partial charge in [0.15, 0.2) is 0 Å². The highest BCUT2D eigenvalue weighted by molar-refractivity contribution is 8.00. The molecular weight excluding hydrogens is 432 g/mol. The highest BCUT2D eigenvalue weighted by Crippen LogP contribution is 2.30. The number of sulfonamides is 1. The van der Waals surface area contributed by atoms with Crippen LogP contribution in [-0.2, 0) is 14.8 Å². The zero-order valence-electron chi connectivity index (χ0n) is 18.1. The van der Waals surface area contributed by atoms with Gasteiger partial charge in [-0.05, 0) is 75.9 Å². The average molecular weight is 459 g/mol. The number of aromatic nitrogens is 1. The third-order valence-electron chi connectivity index (χ3n) is 5.56. The van der Waals surface area contributed by atoms with Gasteiger partial charge in [0.1, 0.15) is 11.1 Å². The lowest BCUT2D eigenvalue weighted by molar-refractivity contribution is -0.115. The molecule has 1 N–H and O–H groups in total. The van der Waals surface area contributed by atoms with E-state index in [9.17, 15) is 18.5 Å². The summed E-state index contributed by atoms with van der Waals surface area (Å²) in [5, 5.41) is 12.4. The van der Waals surface area contributed by atoms with Gasteiger partial charge in [-0.15, -0.1) is 0 Å². The minimum atomic E-state index is -3.48. The SMILES string of the molecule is Cc1nc(SC(C)C(=O)Nc2ccc(S(=O)(=O)N3CCCC3)cc2)c(C#N)c(C)c1C. The van der Waals surface area contributed by atoms with Crippen LogP contribution >= 0.6 is 11.8 Å². The maximum atomic E-state index is 12.7. The fourth-order valence-corrected chi connectivity index (χ4v) is 5.91. The predicted octanol–water partition coefficient (Wildman–Crippen LogP) is 3.78. The Balaban J connectivity index is 1.70. The second-order valence-corrected chi connectivity index (χ2v) is 10.9. The van der Waals surface area contributed by atoms with Crippen LogP contribution in [0.15, 0.2) is 34.2 Å². The van der Waals surface area contributed by atoms with Crippen LogP contribution < -0.4 is 5.32 Å². The van der Waals surface area contributed by atoms with Crippen molar-refractivity contribution in [3.05, 3.63) is 46.6 Å². The Hall–Kier alpha value is -2.41. The van der Waals surface area contributed by atoms with Crippen LogP contribution in [0.1, 0.15) is 42.1 Å². The Morgan fingerprint density at radius 1 is 1.16 bits per heavy atom. The molecule has 164 valence electrons. The van der Waals surface area contributed by atoms with Crippen molar-refractivity contribution < 1.29 is 13.2 Å². The third-order valence-corrected chi connectivity index (χ3v) is 8.56. The number of carbonyl (C=O) groups excluding carboxylic acids is 1. The molecule has 1 aromatic carbocycles. The maximum Gasteiger partial charge on any atom is 0.243 e. The number of nitriles is 1. The van der Waals surface area contributed by atoms with Gasteiger partial charge < -0.3 is 5.32 Å². The Bertz CT molecular complexity index is 1130. The van der Waals surface area contributed by atoms with Crippen molar-refractivity contribution in [2.24, 2.45) is 0 Å². The fourth-order valence-electron chi connectivity index (χ4n) is 3.38. The van der Waals surface area contributed by atoms with Crippen LogP contribution in [0, 0.1) is 32.1 Å². The molecule has 2 aromatic rings. The molecule has 1 saturated heterocycles. The van der Waals surface area contributed by atoms with E-state index >= 15 is 0 Å². The maximum absolute atomic E-state index is 12.7. The van der Waals surface area contributed by atoms with E-state index in [0.29, 0.717) is 29.4 Å². The van der Waals surface area contributed by atoms with E-state index in [1.54, 1.807) is 19.1 Å². The first-order valence-corrected chi connectivity index (χ1v) is 12.4. The molecule has 31 heavy (non-hydrogen) atoms. The highest BCUT2D eigenvalue weighted by atomic mass is 32.2. The van der Waals surface area contributed by atoms with Crippen molar-refractivity contribution in [3.63, 3.8) is 0 Å². The number of aryl methyl sites for hydroxylation is 1. The van der Waals surface area contributed by atoms with Gasteiger partial charge in [0.2, 0.25) is 15.9 Å². The van der Waals surface area contributed by atoms with Crippen LogP contribution in [0.5, 0.6) is 0 Å². The van der Waals surface area contributed by atoms with E-state index in [4.69, 9.17) is 0 Å². The lowest BCUT2D eigenvalue weighted by atomic mass is 10.1. The Kier molecular flexibility index (Phi) is 7.04. The molecule has 7 nitrogen and oxygen atoms in total. The van der Waals surface area contributed by atoms with E-state index in [0.717, 1.165) is 29.7 Å². The normalized spacial score (nSPS) is 15.5. The van der Waals surface area contributed by atoms with Crippen LogP contribution in [-0.4, -0.2) is 42.0 Å². The van der Waals surface area contributed by atoms with Gasteiger partial charge in [-0.2, -0.15) is 9.57 Å². The third kappa shape index (κ3) is 4.92. The quantitative estimate of drug-likeness (QED) is 0.661. The Labute approximate surface area is 187 Å². The van der Waals surface area contributed by atoms with Crippen LogP contribution in [0.25, 0.3) is 0 Å². The van der Waals surface area contributed by atoms with Crippen molar-refractivity contribution in [3.8, 4) is 6.07 Å². The van der Waals surface area contributed by atoms with Gasteiger partial charge in [-0.3, -0.25) is 4.79 Å². The largest absolute Gasteiger partial charge is 0.325 e. The highest BCUT2D eigenvalue weighted by Gasteiger charge is 2.27. The van der Waals surface area contributed by atoms with Gasteiger partial charge in [0.05, 0.1) is 15.7 Å². The number of nitrogens with zero attached hydrogens (tertiary/aromatic N) is 3. The lowest BCUT2D eigenvalue weighted by Crippen LogP contribution is -2.27. The summed E-state index contributed by atoms with van der Waals surface area (Å²) < 4.78 is 26.7. The predicted molar refractivity (Wildman–Crippen MR) is 122 cm³/mol. The van der Waals surface area contributed by atoms with E-state index < -0.39 is 15.3 Å². The minimum absolute atomic E-state index is 0.225.